The van der Waals surface area contributed by atoms with Crippen LogP contribution in [0.15, 0.2) is 0 Å². The van der Waals surface area contributed by atoms with Crippen molar-refractivity contribution in [3.63, 3.8) is 0 Å². The van der Waals surface area contributed by atoms with Crippen molar-refractivity contribution in [2.45, 2.75) is 45.4 Å². The number of ether oxygens (including phenoxy) is 1. The van der Waals surface area contributed by atoms with E-state index in [-0.39, 0.29) is 5.72 Å². The molecule has 1 heterocycles. The topological polar surface area (TPSA) is 21.3 Å². The lowest BCUT2D eigenvalue weighted by Crippen LogP contribution is -2.40. The molecule has 1 aliphatic heterocycles. The Morgan fingerprint density at radius 3 is 2.60 bits per heavy atom. The van der Waals surface area contributed by atoms with Crippen molar-refractivity contribution >= 4 is 0 Å². The molecule has 0 bridgehead atoms. The first kappa shape index (κ1) is 8.02. The largest absolute Gasteiger partial charge is 0.359 e. The minimum Gasteiger partial charge on any atom is -0.359 e. The van der Waals surface area contributed by atoms with Crippen LogP contribution in [-0.2, 0) is 4.74 Å². The van der Waals surface area contributed by atoms with Crippen molar-refractivity contribution in [1.82, 2.24) is 5.32 Å². The third-order valence-corrected chi connectivity index (χ3v) is 2.28. The highest BCUT2D eigenvalue weighted by Crippen LogP contribution is 2.19. The number of rotatable bonds is 2. The van der Waals surface area contributed by atoms with Crippen molar-refractivity contribution in [3.8, 4) is 0 Å². The van der Waals surface area contributed by atoms with Crippen LogP contribution in [0.5, 0.6) is 0 Å². The molecule has 1 saturated heterocycles. The molecular weight excluding hydrogens is 126 g/mol. The molecule has 1 aliphatic rings. The maximum atomic E-state index is 5.58. The summed E-state index contributed by atoms with van der Waals surface area (Å²) in [6, 6.07) is 0.574. The van der Waals surface area contributed by atoms with E-state index < -0.39 is 0 Å². The smallest absolute Gasteiger partial charge is 0.116 e. The fraction of sp³-hybridized carbons (Fsp3) is 1.00. The van der Waals surface area contributed by atoms with Crippen LogP contribution >= 0.6 is 0 Å². The van der Waals surface area contributed by atoms with Gasteiger partial charge in [0.25, 0.3) is 0 Å². The van der Waals surface area contributed by atoms with E-state index in [1.165, 1.54) is 0 Å². The zero-order valence-electron chi connectivity index (χ0n) is 7.11. The van der Waals surface area contributed by atoms with Crippen LogP contribution in [0.3, 0.4) is 0 Å². The molecule has 0 amide bonds. The molecule has 0 aromatic heterocycles. The molecule has 2 heteroatoms. The van der Waals surface area contributed by atoms with Crippen LogP contribution in [-0.4, -0.2) is 18.4 Å². The Balaban J connectivity index is 2.41. The van der Waals surface area contributed by atoms with E-state index in [2.05, 4.69) is 26.1 Å². The average Bonchev–Trinajstić information content (AvgIpc) is 2.33. The molecule has 0 aromatic rings. The van der Waals surface area contributed by atoms with E-state index in [0.717, 1.165) is 19.4 Å². The van der Waals surface area contributed by atoms with Gasteiger partial charge in [-0.05, 0) is 19.8 Å². The van der Waals surface area contributed by atoms with Crippen LogP contribution in [0.1, 0.15) is 33.6 Å². The van der Waals surface area contributed by atoms with Crippen LogP contribution in [0.25, 0.3) is 0 Å². The number of hydrogen-bond donors (Lipinski definition) is 1. The summed E-state index contributed by atoms with van der Waals surface area (Å²) in [5.41, 5.74) is -0.0410. The molecule has 1 fully saturated rings. The van der Waals surface area contributed by atoms with E-state index in [1.54, 1.807) is 0 Å². The van der Waals surface area contributed by atoms with Crippen molar-refractivity contribution in [2.75, 3.05) is 6.61 Å². The Labute approximate surface area is 63.0 Å². The lowest BCUT2D eigenvalue weighted by molar-refractivity contribution is 0.00341. The first-order valence-electron chi connectivity index (χ1n) is 4.12. The van der Waals surface area contributed by atoms with Crippen LogP contribution in [0.2, 0.25) is 0 Å². The summed E-state index contributed by atoms with van der Waals surface area (Å²) in [6.07, 6.45) is 2.21. The fourth-order valence-electron chi connectivity index (χ4n) is 1.22. The molecule has 2 atom stereocenters. The van der Waals surface area contributed by atoms with Gasteiger partial charge < -0.3 is 4.74 Å². The van der Waals surface area contributed by atoms with Crippen molar-refractivity contribution < 1.29 is 4.74 Å². The molecule has 60 valence electrons. The fourth-order valence-corrected chi connectivity index (χ4v) is 1.22. The average molecular weight is 143 g/mol. The normalized spacial score (nSPS) is 40.5. The van der Waals surface area contributed by atoms with E-state index in [9.17, 15) is 0 Å². The quantitative estimate of drug-likeness (QED) is 0.632. The Bertz CT molecular complexity index is 116. The van der Waals surface area contributed by atoms with Gasteiger partial charge in [0.2, 0.25) is 0 Å². The van der Waals surface area contributed by atoms with Crippen molar-refractivity contribution in [1.29, 1.82) is 0 Å². The lowest BCUT2D eigenvalue weighted by atomic mass is 10.2. The van der Waals surface area contributed by atoms with Gasteiger partial charge in [0.1, 0.15) is 5.72 Å². The zero-order chi connectivity index (χ0) is 7.61. The number of hydrogen-bond acceptors (Lipinski definition) is 2. The van der Waals surface area contributed by atoms with Gasteiger partial charge in [-0.2, -0.15) is 0 Å². The molecule has 2 nitrogen and oxygen atoms in total. The van der Waals surface area contributed by atoms with Gasteiger partial charge in [-0.1, -0.05) is 13.8 Å². The molecule has 0 radical (unpaired) electrons. The summed E-state index contributed by atoms with van der Waals surface area (Å²) in [5.74, 6) is 0. The molecular formula is C8H17NO. The summed E-state index contributed by atoms with van der Waals surface area (Å²) in [7, 11) is 0. The molecule has 0 spiro atoms. The van der Waals surface area contributed by atoms with Gasteiger partial charge in [-0.25, -0.2) is 0 Å². The summed E-state index contributed by atoms with van der Waals surface area (Å²) < 4.78 is 5.58. The third-order valence-electron chi connectivity index (χ3n) is 2.28. The predicted molar refractivity (Wildman–Crippen MR) is 41.9 cm³/mol. The van der Waals surface area contributed by atoms with Crippen LogP contribution < -0.4 is 5.32 Å². The molecule has 0 aliphatic carbocycles. The van der Waals surface area contributed by atoms with Gasteiger partial charge in [-0.3, -0.25) is 5.32 Å². The van der Waals surface area contributed by atoms with Gasteiger partial charge in [0.15, 0.2) is 0 Å². The first-order valence-corrected chi connectivity index (χ1v) is 4.12. The second-order valence-electron chi connectivity index (χ2n) is 3.14. The van der Waals surface area contributed by atoms with Gasteiger partial charge in [0, 0.05) is 6.04 Å². The van der Waals surface area contributed by atoms with E-state index in [1.807, 2.05) is 0 Å². The van der Waals surface area contributed by atoms with E-state index >= 15 is 0 Å². The summed E-state index contributed by atoms with van der Waals surface area (Å²) in [5, 5.41) is 3.44. The molecule has 1 rings (SSSR count). The highest BCUT2D eigenvalue weighted by Gasteiger charge is 2.32. The van der Waals surface area contributed by atoms with E-state index in [0.29, 0.717) is 6.04 Å². The minimum absolute atomic E-state index is 0.0410. The summed E-state index contributed by atoms with van der Waals surface area (Å²) in [4.78, 5) is 0. The monoisotopic (exact) mass is 143 g/mol. The number of nitrogens with one attached hydrogen (secondary N) is 1. The predicted octanol–water partition coefficient (Wildman–Crippen LogP) is 1.51. The van der Waals surface area contributed by atoms with E-state index in [4.69, 9.17) is 4.74 Å². The Morgan fingerprint density at radius 1 is 1.60 bits per heavy atom. The maximum Gasteiger partial charge on any atom is 0.116 e. The summed E-state index contributed by atoms with van der Waals surface area (Å²) >= 11 is 0. The van der Waals surface area contributed by atoms with Gasteiger partial charge >= 0.3 is 0 Å². The Kier molecular flexibility index (Phi) is 2.32. The van der Waals surface area contributed by atoms with Crippen LogP contribution in [0.4, 0.5) is 0 Å². The van der Waals surface area contributed by atoms with Gasteiger partial charge in [-0.15, -0.1) is 0 Å². The lowest BCUT2D eigenvalue weighted by Gasteiger charge is -2.21. The van der Waals surface area contributed by atoms with Crippen LogP contribution in [0, 0.1) is 0 Å². The Morgan fingerprint density at radius 2 is 2.30 bits per heavy atom. The van der Waals surface area contributed by atoms with Crippen molar-refractivity contribution in [2.24, 2.45) is 0 Å². The first-order chi connectivity index (χ1) is 4.70. The Hall–Kier alpha value is -0.0800. The highest BCUT2D eigenvalue weighted by atomic mass is 16.5. The maximum absolute atomic E-state index is 5.58. The second-order valence-corrected chi connectivity index (χ2v) is 3.14. The zero-order valence-corrected chi connectivity index (χ0v) is 7.11. The SMILES string of the molecule is CCC1COC(C)(CC)N1. The summed E-state index contributed by atoms with van der Waals surface area (Å²) in [6.45, 7) is 7.32. The standard InChI is InChI=1S/C8H17NO/c1-4-7-6-10-8(3,5-2)9-7/h7,9H,4-6H2,1-3H3. The molecule has 2 unspecified atom stereocenters. The molecule has 10 heavy (non-hydrogen) atoms. The second kappa shape index (κ2) is 2.89. The van der Waals surface area contributed by atoms with Gasteiger partial charge in [0.05, 0.1) is 6.61 Å². The van der Waals surface area contributed by atoms with Crippen molar-refractivity contribution in [3.05, 3.63) is 0 Å². The molecule has 0 aromatic carbocycles. The third kappa shape index (κ3) is 1.50. The minimum atomic E-state index is -0.0410. The highest BCUT2D eigenvalue weighted by molar-refractivity contribution is 4.83. The molecule has 0 saturated carbocycles. The molecule has 1 N–H and O–H groups in total.